The molecule has 2 fully saturated rings. The number of ether oxygens (including phenoxy) is 4. The first-order valence-corrected chi connectivity index (χ1v) is 12.9. The molecule has 1 saturated carbocycles. The lowest BCUT2D eigenvalue weighted by Crippen LogP contribution is -2.28. The number of fused-ring (bicyclic) bond motifs is 2. The van der Waals surface area contributed by atoms with Gasteiger partial charge in [0.25, 0.3) is 0 Å². The normalized spacial score (nSPS) is 22.6. The number of halogens is 2. The van der Waals surface area contributed by atoms with Crippen molar-refractivity contribution in [1.29, 1.82) is 0 Å². The fraction of sp³-hybridized carbons (Fsp3) is 0.483. The minimum absolute atomic E-state index is 0.0299. The van der Waals surface area contributed by atoms with E-state index in [4.69, 9.17) is 9.47 Å². The molecule has 1 atom stereocenters. The van der Waals surface area contributed by atoms with Crippen molar-refractivity contribution in [1.82, 2.24) is 4.57 Å². The molecule has 202 valence electrons. The van der Waals surface area contributed by atoms with Gasteiger partial charge in [0.2, 0.25) is 5.91 Å². The molecule has 1 aliphatic carbocycles. The van der Waals surface area contributed by atoms with Crippen LogP contribution in [0.4, 0.5) is 14.5 Å². The van der Waals surface area contributed by atoms with Gasteiger partial charge in [0.1, 0.15) is 6.10 Å². The van der Waals surface area contributed by atoms with E-state index in [2.05, 4.69) is 46.2 Å². The Kier molecular flexibility index (Phi) is 5.40. The van der Waals surface area contributed by atoms with Gasteiger partial charge in [-0.25, -0.2) is 0 Å². The standard InChI is InChI=1S/C29H32F2N2O5/c1-26(2,3)24-13-17-12-19(7-8-21(17)33(24)15-20-16-35-27(4,5)36-20)32-25(34)28(10-11-28)18-6-9-22-23(14-18)38-29(30,31)37-22/h6-9,12-14,20H,10-11,15-16H2,1-5H3,(H,32,34)/t20-/m1/s1. The van der Waals surface area contributed by atoms with Crippen LogP contribution in [0.1, 0.15) is 58.7 Å². The van der Waals surface area contributed by atoms with Crippen LogP contribution in [0.3, 0.4) is 0 Å². The second-order valence-electron chi connectivity index (χ2n) is 12.0. The van der Waals surface area contributed by atoms with Crippen LogP contribution in [0.15, 0.2) is 42.5 Å². The van der Waals surface area contributed by atoms with Crippen LogP contribution in [-0.4, -0.2) is 35.3 Å². The zero-order chi connectivity index (χ0) is 27.1. The van der Waals surface area contributed by atoms with Gasteiger partial charge in [-0.2, -0.15) is 0 Å². The highest BCUT2D eigenvalue weighted by Crippen LogP contribution is 2.52. The molecular weight excluding hydrogens is 494 g/mol. The molecule has 1 N–H and O–H groups in total. The van der Waals surface area contributed by atoms with E-state index in [0.29, 0.717) is 37.2 Å². The molecule has 1 saturated heterocycles. The average molecular weight is 527 g/mol. The van der Waals surface area contributed by atoms with E-state index in [1.54, 1.807) is 6.07 Å². The van der Waals surface area contributed by atoms with Gasteiger partial charge in [0, 0.05) is 27.7 Å². The largest absolute Gasteiger partial charge is 0.586 e. The molecule has 3 aromatic rings. The maximum absolute atomic E-state index is 13.5. The molecule has 0 radical (unpaired) electrons. The van der Waals surface area contributed by atoms with Crippen LogP contribution < -0.4 is 14.8 Å². The van der Waals surface area contributed by atoms with Crippen molar-refractivity contribution in [2.75, 3.05) is 11.9 Å². The number of hydrogen-bond acceptors (Lipinski definition) is 5. The summed E-state index contributed by atoms with van der Waals surface area (Å²) in [5, 5.41) is 4.07. The molecule has 1 aromatic heterocycles. The highest BCUT2D eigenvalue weighted by molar-refractivity contribution is 6.02. The Hall–Kier alpha value is -3.17. The van der Waals surface area contributed by atoms with Crippen molar-refractivity contribution in [3.05, 3.63) is 53.7 Å². The van der Waals surface area contributed by atoms with Gasteiger partial charge in [-0.3, -0.25) is 4.79 Å². The van der Waals surface area contributed by atoms with E-state index < -0.39 is 17.5 Å². The number of carbonyl (C=O) groups excluding carboxylic acids is 1. The number of aromatic nitrogens is 1. The fourth-order valence-electron chi connectivity index (χ4n) is 5.49. The number of amides is 1. The number of carbonyl (C=O) groups is 1. The average Bonchev–Trinajstić information content (AvgIpc) is 3.32. The monoisotopic (exact) mass is 526 g/mol. The molecule has 7 nitrogen and oxygen atoms in total. The van der Waals surface area contributed by atoms with Gasteiger partial charge in [0.15, 0.2) is 17.3 Å². The van der Waals surface area contributed by atoms with Crippen LogP contribution in [0.2, 0.25) is 0 Å². The SMILES string of the molecule is CC1(C)OC[C@@H](Cn2c(C(C)(C)C)cc3cc(NC(=O)C4(c5ccc6c(c5)OC(F)(F)O6)CC4)ccc32)O1. The number of benzene rings is 2. The lowest BCUT2D eigenvalue weighted by Gasteiger charge is -2.24. The summed E-state index contributed by atoms with van der Waals surface area (Å²) in [7, 11) is 0. The molecule has 0 bridgehead atoms. The Bertz CT molecular complexity index is 1430. The Morgan fingerprint density at radius 1 is 1.05 bits per heavy atom. The minimum Gasteiger partial charge on any atom is -0.395 e. The van der Waals surface area contributed by atoms with Crippen LogP contribution in [0.25, 0.3) is 10.9 Å². The van der Waals surface area contributed by atoms with Gasteiger partial charge in [-0.15, -0.1) is 8.78 Å². The molecule has 38 heavy (non-hydrogen) atoms. The maximum atomic E-state index is 13.5. The Labute approximate surface area is 220 Å². The van der Waals surface area contributed by atoms with E-state index in [1.807, 2.05) is 32.0 Å². The number of alkyl halides is 2. The number of anilines is 1. The maximum Gasteiger partial charge on any atom is 0.586 e. The highest BCUT2D eigenvalue weighted by Gasteiger charge is 2.52. The molecule has 2 aromatic carbocycles. The number of rotatable bonds is 5. The molecule has 1 amide bonds. The molecule has 0 unspecified atom stereocenters. The van der Waals surface area contributed by atoms with Crippen LogP contribution in [0, 0.1) is 0 Å². The minimum atomic E-state index is -3.69. The van der Waals surface area contributed by atoms with E-state index in [0.717, 1.165) is 10.9 Å². The lowest BCUT2D eigenvalue weighted by atomic mass is 9.92. The quantitative estimate of drug-likeness (QED) is 0.436. The zero-order valence-corrected chi connectivity index (χ0v) is 22.2. The number of nitrogens with one attached hydrogen (secondary N) is 1. The highest BCUT2D eigenvalue weighted by atomic mass is 19.3. The Morgan fingerprint density at radius 2 is 1.79 bits per heavy atom. The van der Waals surface area contributed by atoms with Gasteiger partial charge < -0.3 is 28.8 Å². The second kappa shape index (κ2) is 8.16. The molecule has 9 heteroatoms. The van der Waals surface area contributed by atoms with E-state index in [1.165, 1.54) is 17.8 Å². The molecule has 2 aliphatic heterocycles. The fourth-order valence-corrected chi connectivity index (χ4v) is 5.49. The van der Waals surface area contributed by atoms with Crippen LogP contribution in [0.5, 0.6) is 11.5 Å². The van der Waals surface area contributed by atoms with Crippen molar-refractivity contribution < 1.29 is 32.5 Å². The van der Waals surface area contributed by atoms with Crippen molar-refractivity contribution in [3.63, 3.8) is 0 Å². The number of nitrogens with zero attached hydrogens (tertiary/aromatic N) is 1. The second-order valence-corrected chi connectivity index (χ2v) is 12.0. The van der Waals surface area contributed by atoms with Gasteiger partial charge in [-0.1, -0.05) is 26.8 Å². The Morgan fingerprint density at radius 3 is 2.45 bits per heavy atom. The predicted molar refractivity (Wildman–Crippen MR) is 138 cm³/mol. The first-order valence-electron chi connectivity index (χ1n) is 12.9. The molecule has 6 rings (SSSR count). The molecular formula is C29H32F2N2O5. The summed E-state index contributed by atoms with van der Waals surface area (Å²) >= 11 is 0. The first-order chi connectivity index (χ1) is 17.7. The van der Waals surface area contributed by atoms with Crippen molar-refractivity contribution >= 4 is 22.5 Å². The van der Waals surface area contributed by atoms with Crippen molar-refractivity contribution in [3.8, 4) is 11.5 Å². The summed E-state index contributed by atoms with van der Waals surface area (Å²) in [6.07, 6.45) is -2.49. The summed E-state index contributed by atoms with van der Waals surface area (Å²) in [6, 6.07) is 12.6. The first kappa shape index (κ1) is 25.1. The molecule has 0 spiro atoms. The Balaban J connectivity index is 1.26. The van der Waals surface area contributed by atoms with Crippen LogP contribution in [-0.2, 0) is 31.6 Å². The van der Waals surface area contributed by atoms with Gasteiger partial charge in [-0.05, 0) is 68.7 Å². The summed E-state index contributed by atoms with van der Waals surface area (Å²) in [6.45, 7) is 11.6. The van der Waals surface area contributed by atoms with E-state index in [9.17, 15) is 13.6 Å². The molecule has 3 heterocycles. The number of hydrogen-bond donors (Lipinski definition) is 1. The van der Waals surface area contributed by atoms with E-state index in [-0.39, 0.29) is 28.9 Å². The summed E-state index contributed by atoms with van der Waals surface area (Å²) in [5.41, 5.74) is 2.66. The van der Waals surface area contributed by atoms with E-state index >= 15 is 0 Å². The predicted octanol–water partition coefficient (Wildman–Crippen LogP) is 6.08. The summed E-state index contributed by atoms with van der Waals surface area (Å²) in [4.78, 5) is 13.4. The van der Waals surface area contributed by atoms with Gasteiger partial charge in [0.05, 0.1) is 18.6 Å². The lowest BCUT2D eigenvalue weighted by molar-refractivity contribution is -0.286. The summed E-state index contributed by atoms with van der Waals surface area (Å²) < 4.78 is 50.2. The third-order valence-electron chi connectivity index (χ3n) is 7.52. The third kappa shape index (κ3) is 4.41. The van der Waals surface area contributed by atoms with Crippen LogP contribution >= 0.6 is 0 Å². The zero-order valence-electron chi connectivity index (χ0n) is 22.2. The van der Waals surface area contributed by atoms with Gasteiger partial charge >= 0.3 is 6.29 Å². The third-order valence-corrected chi connectivity index (χ3v) is 7.52. The smallest absolute Gasteiger partial charge is 0.395 e. The topological polar surface area (TPSA) is 71.0 Å². The van der Waals surface area contributed by atoms with Crippen molar-refractivity contribution in [2.45, 2.75) is 83.0 Å². The summed E-state index contributed by atoms with van der Waals surface area (Å²) in [5.74, 6) is -0.844. The van der Waals surface area contributed by atoms with Crippen molar-refractivity contribution in [2.24, 2.45) is 0 Å². The molecule has 3 aliphatic rings.